The molecule has 23 heavy (non-hydrogen) atoms. The van der Waals surface area contributed by atoms with Crippen molar-refractivity contribution < 1.29 is 18.4 Å². The quantitative estimate of drug-likeness (QED) is 0.495. The molecule has 0 aromatic heterocycles. The third-order valence-electron chi connectivity index (χ3n) is 3.26. The summed E-state index contributed by atoms with van der Waals surface area (Å²) >= 11 is 5.77. The van der Waals surface area contributed by atoms with Gasteiger partial charge in [0.2, 0.25) is 0 Å². The van der Waals surface area contributed by atoms with E-state index in [1.54, 1.807) is 13.8 Å². The number of anilines is 1. The van der Waals surface area contributed by atoms with Gasteiger partial charge in [0, 0.05) is 11.1 Å². The Bertz CT molecular complexity index is 896. The van der Waals surface area contributed by atoms with E-state index in [9.17, 15) is 23.6 Å². The maximum atomic E-state index is 12.5. The molecule has 0 radical (unpaired) electrons. The number of nitrogens with one attached hydrogen (secondary N) is 1. The lowest BCUT2D eigenvalue weighted by atomic mass is 10.1. The van der Waals surface area contributed by atoms with Gasteiger partial charge in [0.1, 0.15) is 5.75 Å². The first-order chi connectivity index (χ1) is 10.6. The van der Waals surface area contributed by atoms with Crippen molar-refractivity contribution in [2.75, 3.05) is 4.72 Å². The fourth-order valence-electron chi connectivity index (χ4n) is 1.92. The van der Waals surface area contributed by atoms with Crippen molar-refractivity contribution in [1.29, 1.82) is 0 Å². The first-order valence-electron chi connectivity index (χ1n) is 6.39. The molecule has 0 amide bonds. The average Bonchev–Trinajstić information content (AvgIpc) is 2.44. The zero-order valence-corrected chi connectivity index (χ0v) is 13.8. The molecule has 0 bridgehead atoms. The number of sulfonamides is 1. The standard InChI is InChI=1S/C14H13ClN2O5S/c1-8-5-12(17(19)20)14(6-9(8)2)23(21,22)16-11-7-10(15)3-4-13(11)18/h3-7,16,18H,1-2H3. The summed E-state index contributed by atoms with van der Waals surface area (Å²) in [5.41, 5.74) is 0.486. The number of aromatic hydroxyl groups is 1. The Morgan fingerprint density at radius 1 is 1.17 bits per heavy atom. The largest absolute Gasteiger partial charge is 0.506 e. The molecule has 0 saturated heterocycles. The van der Waals surface area contributed by atoms with E-state index in [2.05, 4.69) is 4.72 Å². The smallest absolute Gasteiger partial charge is 0.290 e. The molecule has 2 rings (SSSR count). The zero-order chi connectivity index (χ0) is 17.4. The van der Waals surface area contributed by atoms with Gasteiger partial charge in [0.05, 0.1) is 10.6 Å². The van der Waals surface area contributed by atoms with Crippen LogP contribution in [0.4, 0.5) is 11.4 Å². The van der Waals surface area contributed by atoms with E-state index in [0.29, 0.717) is 11.1 Å². The minimum atomic E-state index is -4.28. The summed E-state index contributed by atoms with van der Waals surface area (Å²) in [5, 5.41) is 21.1. The number of nitrogens with zero attached hydrogens (tertiary/aromatic N) is 1. The molecular formula is C14H13ClN2O5S. The maximum Gasteiger partial charge on any atom is 0.290 e. The molecule has 7 nitrogen and oxygen atoms in total. The van der Waals surface area contributed by atoms with E-state index in [1.165, 1.54) is 30.3 Å². The predicted molar refractivity (Wildman–Crippen MR) is 86.5 cm³/mol. The molecule has 0 aliphatic carbocycles. The van der Waals surface area contributed by atoms with Crippen molar-refractivity contribution in [3.8, 4) is 5.75 Å². The SMILES string of the molecule is Cc1cc([N+](=O)[O-])c(S(=O)(=O)Nc2cc(Cl)ccc2O)cc1C. The summed E-state index contributed by atoms with van der Waals surface area (Å²) in [6.07, 6.45) is 0. The topological polar surface area (TPSA) is 110 Å². The van der Waals surface area contributed by atoms with Crippen LogP contribution in [0.3, 0.4) is 0 Å². The monoisotopic (exact) mass is 356 g/mol. The van der Waals surface area contributed by atoms with Crippen molar-refractivity contribution in [3.05, 3.63) is 56.6 Å². The third kappa shape index (κ3) is 3.54. The van der Waals surface area contributed by atoms with Crippen LogP contribution < -0.4 is 4.72 Å². The molecule has 0 saturated carbocycles. The fraction of sp³-hybridized carbons (Fsp3) is 0.143. The lowest BCUT2D eigenvalue weighted by Crippen LogP contribution is -2.15. The molecule has 0 fully saturated rings. The Kier molecular flexibility index (Phi) is 4.49. The molecule has 0 spiro atoms. The van der Waals surface area contributed by atoms with Crippen LogP contribution >= 0.6 is 11.6 Å². The van der Waals surface area contributed by atoms with E-state index in [4.69, 9.17) is 11.6 Å². The minimum absolute atomic E-state index is 0.162. The first kappa shape index (κ1) is 17.0. The summed E-state index contributed by atoms with van der Waals surface area (Å²) in [7, 11) is -4.28. The van der Waals surface area contributed by atoms with Crippen LogP contribution in [0, 0.1) is 24.0 Å². The summed E-state index contributed by atoms with van der Waals surface area (Å²) in [5.74, 6) is -0.343. The number of hydrogen-bond donors (Lipinski definition) is 2. The lowest BCUT2D eigenvalue weighted by Gasteiger charge is -2.11. The van der Waals surface area contributed by atoms with Gasteiger partial charge in [-0.2, -0.15) is 0 Å². The van der Waals surface area contributed by atoms with Crippen LogP contribution in [-0.2, 0) is 10.0 Å². The van der Waals surface area contributed by atoms with Gasteiger partial charge >= 0.3 is 0 Å². The highest BCUT2D eigenvalue weighted by Crippen LogP contribution is 2.32. The minimum Gasteiger partial charge on any atom is -0.506 e. The van der Waals surface area contributed by atoms with Crippen LogP contribution in [0.15, 0.2) is 35.2 Å². The molecule has 0 atom stereocenters. The van der Waals surface area contributed by atoms with E-state index in [1.807, 2.05) is 0 Å². The summed E-state index contributed by atoms with van der Waals surface area (Å²) < 4.78 is 27.1. The summed E-state index contributed by atoms with van der Waals surface area (Å²) in [6, 6.07) is 6.22. The van der Waals surface area contributed by atoms with Crippen LogP contribution in [-0.4, -0.2) is 18.4 Å². The second kappa shape index (κ2) is 6.05. The Hall–Kier alpha value is -2.32. The van der Waals surface area contributed by atoms with Crippen LogP contribution in [0.5, 0.6) is 5.75 Å². The molecule has 2 aromatic carbocycles. The van der Waals surface area contributed by atoms with E-state index in [-0.39, 0.29) is 16.5 Å². The number of rotatable bonds is 4. The van der Waals surface area contributed by atoms with Crippen LogP contribution in [0.2, 0.25) is 5.02 Å². The zero-order valence-electron chi connectivity index (χ0n) is 12.2. The lowest BCUT2D eigenvalue weighted by molar-refractivity contribution is -0.387. The third-order valence-corrected chi connectivity index (χ3v) is 4.89. The Labute approximate surface area is 137 Å². The Balaban J connectivity index is 2.58. The van der Waals surface area contributed by atoms with Gasteiger partial charge in [-0.3, -0.25) is 14.8 Å². The van der Waals surface area contributed by atoms with E-state index in [0.717, 1.165) is 0 Å². The number of benzene rings is 2. The summed E-state index contributed by atoms with van der Waals surface area (Å²) in [6.45, 7) is 3.30. The molecule has 122 valence electrons. The van der Waals surface area contributed by atoms with Gasteiger partial charge in [-0.15, -0.1) is 0 Å². The van der Waals surface area contributed by atoms with Crippen molar-refractivity contribution in [2.45, 2.75) is 18.7 Å². The van der Waals surface area contributed by atoms with E-state index >= 15 is 0 Å². The summed E-state index contributed by atoms with van der Waals surface area (Å²) in [4.78, 5) is 9.90. The number of aryl methyl sites for hydroxylation is 2. The molecule has 0 unspecified atom stereocenters. The number of hydrogen-bond acceptors (Lipinski definition) is 5. The fourth-order valence-corrected chi connectivity index (χ4v) is 3.40. The molecule has 2 aromatic rings. The van der Waals surface area contributed by atoms with E-state index < -0.39 is 25.5 Å². The first-order valence-corrected chi connectivity index (χ1v) is 8.25. The van der Waals surface area contributed by atoms with Gasteiger partial charge < -0.3 is 5.11 Å². The van der Waals surface area contributed by atoms with Gasteiger partial charge in [0.15, 0.2) is 4.90 Å². The molecule has 0 aliphatic heterocycles. The number of phenols is 1. The van der Waals surface area contributed by atoms with Crippen molar-refractivity contribution in [1.82, 2.24) is 0 Å². The highest BCUT2D eigenvalue weighted by atomic mass is 35.5. The van der Waals surface area contributed by atoms with Gasteiger partial charge in [0.25, 0.3) is 15.7 Å². The van der Waals surface area contributed by atoms with Crippen molar-refractivity contribution in [2.24, 2.45) is 0 Å². The Morgan fingerprint density at radius 2 is 1.78 bits per heavy atom. The van der Waals surface area contributed by atoms with Gasteiger partial charge in [-0.25, -0.2) is 8.42 Å². The highest BCUT2D eigenvalue weighted by Gasteiger charge is 2.27. The molecular weight excluding hydrogens is 344 g/mol. The molecule has 0 heterocycles. The average molecular weight is 357 g/mol. The van der Waals surface area contributed by atoms with Crippen molar-refractivity contribution >= 4 is 33.0 Å². The van der Waals surface area contributed by atoms with Gasteiger partial charge in [-0.1, -0.05) is 11.6 Å². The molecule has 0 aliphatic rings. The maximum absolute atomic E-state index is 12.5. The molecule has 2 N–H and O–H groups in total. The second-order valence-electron chi connectivity index (χ2n) is 4.93. The van der Waals surface area contributed by atoms with Gasteiger partial charge in [-0.05, 0) is 49.2 Å². The normalized spacial score (nSPS) is 11.3. The second-order valence-corrected chi connectivity index (χ2v) is 7.02. The number of nitro groups is 1. The predicted octanol–water partition coefficient (Wildman–Crippen LogP) is 3.37. The molecule has 9 heteroatoms. The Morgan fingerprint density at radius 3 is 2.39 bits per heavy atom. The number of halogens is 1. The highest BCUT2D eigenvalue weighted by molar-refractivity contribution is 7.92. The number of phenolic OH excluding ortho intramolecular Hbond substituents is 1. The number of nitro benzene ring substituents is 1. The van der Waals surface area contributed by atoms with Crippen molar-refractivity contribution in [3.63, 3.8) is 0 Å². The van der Waals surface area contributed by atoms with Crippen LogP contribution in [0.25, 0.3) is 0 Å². The van der Waals surface area contributed by atoms with Crippen LogP contribution in [0.1, 0.15) is 11.1 Å².